The second kappa shape index (κ2) is 7.05. The van der Waals surface area contributed by atoms with Gasteiger partial charge in [-0.1, -0.05) is 18.2 Å². The lowest BCUT2D eigenvalue weighted by Crippen LogP contribution is -2.60. The van der Waals surface area contributed by atoms with Gasteiger partial charge >= 0.3 is 6.18 Å². The number of anilines is 2. The van der Waals surface area contributed by atoms with Crippen molar-refractivity contribution in [1.82, 2.24) is 14.9 Å². The highest BCUT2D eigenvalue weighted by molar-refractivity contribution is 5.96. The predicted octanol–water partition coefficient (Wildman–Crippen LogP) is 2.21. The molecule has 0 spiro atoms. The van der Waals surface area contributed by atoms with Gasteiger partial charge in [0, 0.05) is 37.4 Å². The summed E-state index contributed by atoms with van der Waals surface area (Å²) in [6.07, 6.45) is -2.70. The number of fused-ring (bicyclic) bond motifs is 1. The van der Waals surface area contributed by atoms with Crippen molar-refractivity contribution in [1.29, 1.82) is 0 Å². The van der Waals surface area contributed by atoms with E-state index in [1.165, 1.54) is 5.56 Å². The van der Waals surface area contributed by atoms with Gasteiger partial charge in [0.25, 0.3) is 0 Å². The van der Waals surface area contributed by atoms with Crippen molar-refractivity contribution in [3.05, 3.63) is 47.9 Å². The predicted molar refractivity (Wildman–Crippen MR) is 98.2 cm³/mol. The second-order valence-electron chi connectivity index (χ2n) is 7.16. The topological polar surface area (TPSA) is 52.6 Å². The summed E-state index contributed by atoms with van der Waals surface area (Å²) in [5.74, 6) is 0.291. The summed E-state index contributed by atoms with van der Waals surface area (Å²) in [4.78, 5) is 25.4. The van der Waals surface area contributed by atoms with E-state index in [1.807, 2.05) is 41.1 Å². The summed E-state index contributed by atoms with van der Waals surface area (Å²) >= 11 is 0. The zero-order valence-electron chi connectivity index (χ0n) is 15.4. The van der Waals surface area contributed by atoms with Crippen LogP contribution in [0.5, 0.6) is 0 Å². The van der Waals surface area contributed by atoms with Gasteiger partial charge in [-0.2, -0.15) is 13.2 Å². The fourth-order valence-corrected chi connectivity index (χ4v) is 3.62. The summed E-state index contributed by atoms with van der Waals surface area (Å²) in [6, 6.07) is 8.94. The summed E-state index contributed by atoms with van der Waals surface area (Å²) in [6.45, 7) is 2.00. The molecular formula is C19H20F3N5O. The molecule has 4 rings (SSSR count). The van der Waals surface area contributed by atoms with Gasteiger partial charge in [-0.25, -0.2) is 9.97 Å². The normalized spacial score (nSPS) is 17.0. The molecule has 3 heterocycles. The van der Waals surface area contributed by atoms with E-state index in [0.29, 0.717) is 19.6 Å². The number of likely N-dealkylation sites (N-methyl/N-ethyl adjacent to an activating group) is 1. The van der Waals surface area contributed by atoms with Gasteiger partial charge in [0.15, 0.2) is 0 Å². The highest BCUT2D eigenvalue weighted by Crippen LogP contribution is 2.31. The van der Waals surface area contributed by atoms with Crippen molar-refractivity contribution in [3.8, 4) is 0 Å². The number of hydrogen-bond donors (Lipinski definition) is 0. The first kappa shape index (κ1) is 18.7. The Hall–Kier alpha value is -2.68. The van der Waals surface area contributed by atoms with E-state index in [1.54, 1.807) is 4.90 Å². The van der Waals surface area contributed by atoms with E-state index in [9.17, 15) is 18.0 Å². The van der Waals surface area contributed by atoms with Crippen LogP contribution in [0.2, 0.25) is 0 Å². The first-order valence-corrected chi connectivity index (χ1v) is 9.05. The molecule has 0 bridgehead atoms. The lowest BCUT2D eigenvalue weighted by Gasteiger charge is -2.44. The Bertz CT molecular complexity index is 882. The number of rotatable bonds is 4. The lowest BCUT2D eigenvalue weighted by molar-refractivity contribution is -0.141. The standard InChI is InChI=1S/C19H20F3N5O/c1-25(11-18(28)27-7-6-13-4-2-3-5-15(13)27)14-9-26(10-14)17-8-16(19(20,21)22)23-12-24-17/h2-5,8,12,14H,6-7,9-11H2,1H3. The Balaban J connectivity index is 1.33. The molecule has 0 aliphatic carbocycles. The van der Waals surface area contributed by atoms with Crippen LogP contribution in [0.3, 0.4) is 0 Å². The number of para-hydroxylation sites is 1. The van der Waals surface area contributed by atoms with Crippen LogP contribution < -0.4 is 9.80 Å². The Labute approximate surface area is 160 Å². The van der Waals surface area contributed by atoms with Gasteiger partial charge in [-0.05, 0) is 25.1 Å². The van der Waals surface area contributed by atoms with Crippen LogP contribution in [0.1, 0.15) is 11.3 Å². The number of amides is 1. The summed E-state index contributed by atoms with van der Waals surface area (Å²) in [5, 5.41) is 0. The van der Waals surface area contributed by atoms with Gasteiger partial charge in [0.1, 0.15) is 17.8 Å². The van der Waals surface area contributed by atoms with E-state index < -0.39 is 11.9 Å². The summed E-state index contributed by atoms with van der Waals surface area (Å²) < 4.78 is 38.4. The number of benzene rings is 1. The van der Waals surface area contributed by atoms with E-state index in [4.69, 9.17) is 0 Å². The van der Waals surface area contributed by atoms with Crippen molar-refractivity contribution in [2.45, 2.75) is 18.6 Å². The molecule has 1 aromatic heterocycles. The molecule has 1 fully saturated rings. The van der Waals surface area contributed by atoms with Gasteiger partial charge in [-0.3, -0.25) is 9.69 Å². The second-order valence-corrected chi connectivity index (χ2v) is 7.16. The first-order valence-electron chi connectivity index (χ1n) is 9.05. The quantitative estimate of drug-likeness (QED) is 0.800. The van der Waals surface area contributed by atoms with Crippen LogP contribution in [0, 0.1) is 0 Å². The molecule has 0 atom stereocenters. The van der Waals surface area contributed by atoms with Crippen LogP contribution in [-0.2, 0) is 17.4 Å². The SMILES string of the molecule is CN(CC(=O)N1CCc2ccccc21)C1CN(c2cc(C(F)(F)F)ncn2)C1. The van der Waals surface area contributed by atoms with Crippen molar-refractivity contribution in [3.63, 3.8) is 0 Å². The maximum Gasteiger partial charge on any atom is 0.433 e. The smallest absolute Gasteiger partial charge is 0.353 e. The molecular weight excluding hydrogens is 371 g/mol. The molecule has 9 heteroatoms. The number of aromatic nitrogens is 2. The molecule has 28 heavy (non-hydrogen) atoms. The number of carbonyl (C=O) groups is 1. The van der Waals surface area contributed by atoms with Gasteiger partial charge < -0.3 is 9.80 Å². The molecule has 2 aliphatic heterocycles. The average Bonchev–Trinajstić information content (AvgIpc) is 3.04. The van der Waals surface area contributed by atoms with Crippen LogP contribution >= 0.6 is 0 Å². The van der Waals surface area contributed by atoms with Crippen LogP contribution in [0.25, 0.3) is 0 Å². The Morgan fingerprint density at radius 3 is 2.75 bits per heavy atom. The Morgan fingerprint density at radius 2 is 2.00 bits per heavy atom. The molecule has 0 saturated carbocycles. The largest absolute Gasteiger partial charge is 0.433 e. The molecule has 0 N–H and O–H groups in total. The van der Waals surface area contributed by atoms with Gasteiger partial charge in [-0.15, -0.1) is 0 Å². The minimum atomic E-state index is -4.49. The molecule has 1 amide bonds. The number of nitrogens with zero attached hydrogens (tertiary/aromatic N) is 5. The molecule has 0 radical (unpaired) electrons. The zero-order chi connectivity index (χ0) is 19.9. The first-order chi connectivity index (χ1) is 13.3. The highest BCUT2D eigenvalue weighted by Gasteiger charge is 2.36. The van der Waals surface area contributed by atoms with Crippen molar-refractivity contribution >= 4 is 17.4 Å². The number of carbonyl (C=O) groups excluding carboxylic acids is 1. The maximum absolute atomic E-state index is 12.8. The third-order valence-electron chi connectivity index (χ3n) is 5.33. The van der Waals surface area contributed by atoms with E-state index in [-0.39, 0.29) is 24.3 Å². The Kier molecular flexibility index (Phi) is 4.70. The van der Waals surface area contributed by atoms with Crippen LogP contribution in [0.4, 0.5) is 24.7 Å². The number of halogens is 3. The van der Waals surface area contributed by atoms with Crippen molar-refractivity contribution in [2.75, 3.05) is 43.0 Å². The lowest BCUT2D eigenvalue weighted by atomic mass is 10.1. The fourth-order valence-electron chi connectivity index (χ4n) is 3.62. The van der Waals surface area contributed by atoms with Crippen LogP contribution in [-0.4, -0.2) is 60.0 Å². The van der Waals surface area contributed by atoms with E-state index in [0.717, 1.165) is 24.5 Å². The molecule has 6 nitrogen and oxygen atoms in total. The number of hydrogen-bond acceptors (Lipinski definition) is 5. The van der Waals surface area contributed by atoms with Crippen LogP contribution in [0.15, 0.2) is 36.7 Å². The average molecular weight is 391 g/mol. The van der Waals surface area contributed by atoms with E-state index >= 15 is 0 Å². The molecule has 0 unspecified atom stereocenters. The molecule has 1 saturated heterocycles. The van der Waals surface area contributed by atoms with Gasteiger partial charge in [0.05, 0.1) is 6.54 Å². The maximum atomic E-state index is 12.8. The summed E-state index contributed by atoms with van der Waals surface area (Å²) in [7, 11) is 1.86. The molecule has 1 aromatic carbocycles. The summed E-state index contributed by atoms with van der Waals surface area (Å²) in [5.41, 5.74) is 1.20. The van der Waals surface area contributed by atoms with Crippen molar-refractivity contribution < 1.29 is 18.0 Å². The monoisotopic (exact) mass is 391 g/mol. The Morgan fingerprint density at radius 1 is 1.25 bits per heavy atom. The minimum Gasteiger partial charge on any atom is -0.353 e. The minimum absolute atomic E-state index is 0.0345. The molecule has 2 aromatic rings. The third-order valence-corrected chi connectivity index (χ3v) is 5.33. The van der Waals surface area contributed by atoms with Gasteiger partial charge in [0.2, 0.25) is 5.91 Å². The zero-order valence-corrected chi connectivity index (χ0v) is 15.4. The number of alkyl halides is 3. The van der Waals surface area contributed by atoms with Crippen molar-refractivity contribution in [2.24, 2.45) is 0 Å². The van der Waals surface area contributed by atoms with E-state index in [2.05, 4.69) is 9.97 Å². The highest BCUT2D eigenvalue weighted by atomic mass is 19.4. The molecule has 2 aliphatic rings. The third kappa shape index (κ3) is 3.54. The fraction of sp³-hybridized carbons (Fsp3) is 0.421. The molecule has 148 valence electrons.